The third-order valence-electron chi connectivity index (χ3n) is 3.61. The zero-order valence-corrected chi connectivity index (χ0v) is 15.5. The fourth-order valence-corrected chi connectivity index (χ4v) is 3.41. The molecule has 0 unspecified atom stereocenters. The number of carbonyl (C=O) groups excluding carboxylic acids is 1. The first-order chi connectivity index (χ1) is 12.7. The van der Waals surface area contributed by atoms with Gasteiger partial charge in [-0.3, -0.25) is 10.1 Å². The van der Waals surface area contributed by atoms with Crippen molar-refractivity contribution in [2.75, 3.05) is 32.2 Å². The minimum Gasteiger partial charge on any atom is -0.382 e. The number of benzene rings is 1. The lowest BCUT2D eigenvalue weighted by atomic mass is 10.1. The summed E-state index contributed by atoms with van der Waals surface area (Å²) in [7, 11) is 3.52. The number of ether oxygens (including phenoxy) is 2. The molecule has 26 heavy (non-hydrogen) atoms. The predicted octanol–water partition coefficient (Wildman–Crippen LogP) is 2.81. The molecule has 2 aromatic heterocycles. The molecule has 1 N–H and O–H groups in total. The first-order valence-electron chi connectivity index (χ1n) is 8.09. The molecule has 0 radical (unpaired) electrons. The van der Waals surface area contributed by atoms with Crippen LogP contribution in [0.2, 0.25) is 0 Å². The smallest absolute Gasteiger partial charge is 0.252 e. The number of nitrogens with zero attached hydrogens (tertiary/aromatic N) is 3. The normalized spacial score (nSPS) is 10.8. The van der Waals surface area contributed by atoms with E-state index in [0.717, 1.165) is 22.0 Å². The Kier molecular flexibility index (Phi) is 6.11. The van der Waals surface area contributed by atoms with Gasteiger partial charge in [0.05, 0.1) is 23.8 Å². The van der Waals surface area contributed by atoms with E-state index < -0.39 is 0 Å². The first kappa shape index (κ1) is 18.2. The van der Waals surface area contributed by atoms with Crippen LogP contribution < -0.4 is 5.32 Å². The minimum absolute atomic E-state index is 0.0403. The van der Waals surface area contributed by atoms with Crippen molar-refractivity contribution >= 4 is 22.4 Å². The molecule has 7 nitrogen and oxygen atoms in total. The van der Waals surface area contributed by atoms with E-state index in [9.17, 15) is 4.79 Å². The average molecular weight is 372 g/mol. The fourth-order valence-electron chi connectivity index (χ4n) is 2.36. The van der Waals surface area contributed by atoms with Gasteiger partial charge in [0.25, 0.3) is 5.91 Å². The summed E-state index contributed by atoms with van der Waals surface area (Å²) in [5, 5.41) is 3.31. The molecule has 3 aromatic rings. The number of aryl methyl sites for hydroxylation is 1. The Morgan fingerprint density at radius 3 is 2.77 bits per heavy atom. The molecule has 0 saturated carbocycles. The zero-order valence-electron chi connectivity index (χ0n) is 14.6. The number of aromatic nitrogens is 3. The highest BCUT2D eigenvalue weighted by atomic mass is 32.1. The molecular weight excluding hydrogens is 352 g/mol. The Hall–Kier alpha value is -2.55. The summed E-state index contributed by atoms with van der Waals surface area (Å²) >= 11 is 1.39. The highest BCUT2D eigenvalue weighted by Crippen LogP contribution is 2.37. The SMILES string of the molecule is COCCOCC(=O)Nc1nc(-c2ccccc2)c(-c2nccn2C)s1. The number of rotatable bonds is 8. The van der Waals surface area contributed by atoms with E-state index in [1.807, 2.05) is 48.1 Å². The third kappa shape index (κ3) is 4.34. The standard InChI is InChI=1S/C18H20N4O3S/c1-22-9-8-19-17(22)16-15(13-6-4-3-5-7-13)21-18(26-16)20-14(23)12-25-11-10-24-2/h3-9H,10-12H2,1-2H3,(H,20,21,23). The Morgan fingerprint density at radius 1 is 1.27 bits per heavy atom. The highest BCUT2D eigenvalue weighted by molar-refractivity contribution is 7.19. The summed E-state index contributed by atoms with van der Waals surface area (Å²) in [4.78, 5) is 22.0. The number of methoxy groups -OCH3 is 1. The highest BCUT2D eigenvalue weighted by Gasteiger charge is 2.19. The monoisotopic (exact) mass is 372 g/mol. The van der Waals surface area contributed by atoms with Crippen molar-refractivity contribution in [3.8, 4) is 22.0 Å². The Morgan fingerprint density at radius 2 is 2.08 bits per heavy atom. The lowest BCUT2D eigenvalue weighted by molar-refractivity contribution is -0.121. The molecule has 136 valence electrons. The van der Waals surface area contributed by atoms with E-state index in [1.165, 1.54) is 11.3 Å². The maximum Gasteiger partial charge on any atom is 0.252 e. The number of anilines is 1. The van der Waals surface area contributed by atoms with Crippen molar-refractivity contribution in [2.24, 2.45) is 7.05 Å². The molecule has 8 heteroatoms. The van der Waals surface area contributed by atoms with Gasteiger partial charge in [-0.05, 0) is 0 Å². The lowest BCUT2D eigenvalue weighted by Crippen LogP contribution is -2.19. The molecule has 2 heterocycles. The number of amides is 1. The number of carbonyl (C=O) groups is 1. The molecule has 0 fully saturated rings. The van der Waals surface area contributed by atoms with Gasteiger partial charge >= 0.3 is 0 Å². The largest absolute Gasteiger partial charge is 0.382 e. The van der Waals surface area contributed by atoms with Gasteiger partial charge in [0.1, 0.15) is 6.61 Å². The first-order valence-corrected chi connectivity index (χ1v) is 8.91. The van der Waals surface area contributed by atoms with Gasteiger partial charge in [-0.15, -0.1) is 0 Å². The number of hydrogen-bond donors (Lipinski definition) is 1. The Labute approximate surface area is 155 Å². The zero-order chi connectivity index (χ0) is 18.4. The van der Waals surface area contributed by atoms with E-state index in [1.54, 1.807) is 13.3 Å². The van der Waals surface area contributed by atoms with E-state index >= 15 is 0 Å². The summed E-state index contributed by atoms with van der Waals surface area (Å²) in [6.07, 6.45) is 3.62. The van der Waals surface area contributed by atoms with Gasteiger partial charge < -0.3 is 14.0 Å². The average Bonchev–Trinajstić information content (AvgIpc) is 3.25. The van der Waals surface area contributed by atoms with Crippen molar-refractivity contribution in [3.63, 3.8) is 0 Å². The molecule has 0 aliphatic carbocycles. The maximum absolute atomic E-state index is 12.1. The third-order valence-corrected chi connectivity index (χ3v) is 4.58. The van der Waals surface area contributed by atoms with Gasteiger partial charge in [-0.25, -0.2) is 9.97 Å². The van der Waals surface area contributed by atoms with Crippen LogP contribution >= 0.6 is 11.3 Å². The Bertz CT molecular complexity index is 860. The minimum atomic E-state index is -0.249. The fraction of sp³-hybridized carbons (Fsp3) is 0.278. The van der Waals surface area contributed by atoms with E-state index in [0.29, 0.717) is 18.3 Å². The van der Waals surface area contributed by atoms with Gasteiger partial charge in [0.2, 0.25) is 0 Å². The van der Waals surface area contributed by atoms with Crippen LogP contribution in [0.1, 0.15) is 0 Å². The van der Waals surface area contributed by atoms with Crippen LogP contribution in [0.4, 0.5) is 5.13 Å². The summed E-state index contributed by atoms with van der Waals surface area (Å²) in [6.45, 7) is 0.781. The van der Waals surface area contributed by atoms with Gasteiger partial charge in [-0.2, -0.15) is 0 Å². The summed E-state index contributed by atoms with van der Waals surface area (Å²) in [6, 6.07) is 9.84. The van der Waals surface area contributed by atoms with Crippen molar-refractivity contribution in [1.29, 1.82) is 0 Å². The van der Waals surface area contributed by atoms with E-state index in [4.69, 9.17) is 9.47 Å². The Balaban J connectivity index is 1.83. The summed E-state index contributed by atoms with van der Waals surface area (Å²) in [5.74, 6) is 0.555. The summed E-state index contributed by atoms with van der Waals surface area (Å²) in [5.41, 5.74) is 1.76. The van der Waals surface area contributed by atoms with Crippen molar-refractivity contribution in [2.45, 2.75) is 0 Å². The van der Waals surface area contributed by atoms with Crippen LogP contribution in [-0.4, -0.2) is 47.4 Å². The lowest BCUT2D eigenvalue weighted by Gasteiger charge is -2.03. The van der Waals surface area contributed by atoms with Crippen LogP contribution in [0.25, 0.3) is 22.0 Å². The number of imidazole rings is 1. The van der Waals surface area contributed by atoms with Crippen LogP contribution in [0.5, 0.6) is 0 Å². The topological polar surface area (TPSA) is 78.3 Å². The van der Waals surface area contributed by atoms with Gasteiger partial charge in [0.15, 0.2) is 11.0 Å². The second-order valence-electron chi connectivity index (χ2n) is 5.52. The van der Waals surface area contributed by atoms with Crippen molar-refractivity contribution < 1.29 is 14.3 Å². The molecule has 1 aromatic carbocycles. The maximum atomic E-state index is 12.1. The molecule has 0 spiro atoms. The molecule has 0 aliphatic rings. The van der Waals surface area contributed by atoms with Crippen LogP contribution in [0.15, 0.2) is 42.7 Å². The number of hydrogen-bond acceptors (Lipinski definition) is 6. The molecule has 0 aliphatic heterocycles. The van der Waals surface area contributed by atoms with Crippen LogP contribution in [0, 0.1) is 0 Å². The summed E-state index contributed by atoms with van der Waals surface area (Å²) < 4.78 is 12.1. The van der Waals surface area contributed by atoms with Crippen LogP contribution in [-0.2, 0) is 21.3 Å². The molecule has 0 atom stereocenters. The van der Waals surface area contributed by atoms with Crippen molar-refractivity contribution in [3.05, 3.63) is 42.7 Å². The molecule has 0 saturated heterocycles. The molecular formula is C18H20N4O3S. The molecule has 0 bridgehead atoms. The number of thiazole rings is 1. The second-order valence-corrected chi connectivity index (χ2v) is 6.52. The quantitative estimate of drug-likeness (QED) is 0.615. The number of nitrogens with one attached hydrogen (secondary N) is 1. The van der Waals surface area contributed by atoms with E-state index in [-0.39, 0.29) is 12.5 Å². The van der Waals surface area contributed by atoms with E-state index in [2.05, 4.69) is 15.3 Å². The predicted molar refractivity (Wildman–Crippen MR) is 101 cm³/mol. The second kappa shape index (κ2) is 8.70. The van der Waals surface area contributed by atoms with Gasteiger partial charge in [0, 0.05) is 32.1 Å². The molecule has 3 rings (SSSR count). The van der Waals surface area contributed by atoms with Gasteiger partial charge in [-0.1, -0.05) is 41.7 Å². The molecule has 1 amide bonds. The van der Waals surface area contributed by atoms with Crippen LogP contribution in [0.3, 0.4) is 0 Å². The van der Waals surface area contributed by atoms with Crippen molar-refractivity contribution in [1.82, 2.24) is 14.5 Å².